The van der Waals surface area contributed by atoms with Gasteiger partial charge in [0.15, 0.2) is 0 Å². The minimum absolute atomic E-state index is 0.0632. The first kappa shape index (κ1) is 18.5. The second-order valence-electron chi connectivity index (χ2n) is 6.84. The molecule has 1 aliphatic carbocycles. The third kappa shape index (κ3) is 4.02. The maximum atomic E-state index is 13.0. The van der Waals surface area contributed by atoms with Gasteiger partial charge in [0, 0.05) is 24.9 Å². The van der Waals surface area contributed by atoms with E-state index in [1.54, 1.807) is 0 Å². The fourth-order valence-electron chi connectivity index (χ4n) is 3.10. The summed E-state index contributed by atoms with van der Waals surface area (Å²) in [6.07, 6.45) is 3.12. The first-order valence-electron chi connectivity index (χ1n) is 8.83. The van der Waals surface area contributed by atoms with Crippen LogP contribution in [0.3, 0.4) is 0 Å². The second-order valence-corrected chi connectivity index (χ2v) is 9.79. The van der Waals surface area contributed by atoms with Crippen LogP contribution in [0.5, 0.6) is 0 Å². The van der Waals surface area contributed by atoms with E-state index in [2.05, 4.69) is 15.5 Å². The molecule has 2 heterocycles. The summed E-state index contributed by atoms with van der Waals surface area (Å²) in [5.41, 5.74) is 0. The zero-order chi connectivity index (χ0) is 19.0. The summed E-state index contributed by atoms with van der Waals surface area (Å²) >= 11 is 1.41. The lowest BCUT2D eigenvalue weighted by Gasteiger charge is -2.30. The number of amides is 1. The van der Waals surface area contributed by atoms with Crippen LogP contribution in [0.25, 0.3) is 0 Å². The van der Waals surface area contributed by atoms with Crippen molar-refractivity contribution < 1.29 is 17.6 Å². The smallest absolute Gasteiger partial charge is 0.243 e. The van der Waals surface area contributed by atoms with E-state index < -0.39 is 15.8 Å². The summed E-state index contributed by atoms with van der Waals surface area (Å²) in [6.45, 7) is 0.502. The number of hydrogen-bond donors (Lipinski definition) is 1. The standard InChI is InChI=1S/C17H19FN4O3S2/c18-13-3-5-14(6-4-13)27(24,25)22-9-7-11(8-10-22)15(23)19-17-21-20-16(26-17)12-1-2-12/h3-6,11-12H,1-2,7-10H2,(H,19,21,23). The number of anilines is 1. The summed E-state index contributed by atoms with van der Waals surface area (Å²) < 4.78 is 39.6. The third-order valence-corrected chi connectivity index (χ3v) is 7.79. The van der Waals surface area contributed by atoms with Crippen molar-refractivity contribution in [2.45, 2.75) is 36.5 Å². The van der Waals surface area contributed by atoms with E-state index >= 15 is 0 Å². The maximum Gasteiger partial charge on any atom is 0.243 e. The van der Waals surface area contributed by atoms with Crippen LogP contribution in [-0.4, -0.2) is 41.9 Å². The van der Waals surface area contributed by atoms with Crippen LogP contribution in [-0.2, 0) is 14.8 Å². The highest BCUT2D eigenvalue weighted by Gasteiger charge is 2.33. The summed E-state index contributed by atoms with van der Waals surface area (Å²) in [5, 5.41) is 12.4. The van der Waals surface area contributed by atoms with E-state index in [0.717, 1.165) is 30.0 Å². The van der Waals surface area contributed by atoms with Crippen molar-refractivity contribution in [3.8, 4) is 0 Å². The Kier molecular flexibility index (Phi) is 4.95. The predicted octanol–water partition coefficient (Wildman–Crippen LogP) is 2.59. The van der Waals surface area contributed by atoms with Crippen molar-refractivity contribution in [1.29, 1.82) is 0 Å². The molecule has 0 unspecified atom stereocenters. The molecule has 0 spiro atoms. The topological polar surface area (TPSA) is 92.3 Å². The lowest BCUT2D eigenvalue weighted by Crippen LogP contribution is -2.41. The Morgan fingerprint density at radius 2 is 1.78 bits per heavy atom. The minimum Gasteiger partial charge on any atom is -0.300 e. The van der Waals surface area contributed by atoms with Crippen LogP contribution in [0.2, 0.25) is 0 Å². The number of carbonyl (C=O) groups is 1. The summed E-state index contributed by atoms with van der Waals surface area (Å²) in [6, 6.07) is 4.78. The Balaban J connectivity index is 1.34. The van der Waals surface area contributed by atoms with Gasteiger partial charge >= 0.3 is 0 Å². The lowest BCUT2D eigenvalue weighted by atomic mass is 9.97. The Morgan fingerprint density at radius 3 is 2.41 bits per heavy atom. The molecule has 1 aromatic heterocycles. The van der Waals surface area contributed by atoms with E-state index in [0.29, 0.717) is 23.9 Å². The van der Waals surface area contributed by atoms with Crippen molar-refractivity contribution in [3.63, 3.8) is 0 Å². The van der Waals surface area contributed by atoms with Gasteiger partial charge in [0.05, 0.1) is 4.90 Å². The normalized spacial score (nSPS) is 19.1. The van der Waals surface area contributed by atoms with Gasteiger partial charge in [-0.25, -0.2) is 12.8 Å². The number of aromatic nitrogens is 2. The highest BCUT2D eigenvalue weighted by atomic mass is 32.2. The predicted molar refractivity (Wildman–Crippen MR) is 98.4 cm³/mol. The van der Waals surface area contributed by atoms with Crippen molar-refractivity contribution in [2.24, 2.45) is 5.92 Å². The highest BCUT2D eigenvalue weighted by Crippen LogP contribution is 2.42. The van der Waals surface area contributed by atoms with Crippen molar-refractivity contribution >= 4 is 32.4 Å². The van der Waals surface area contributed by atoms with Gasteiger partial charge in [-0.2, -0.15) is 4.31 Å². The average Bonchev–Trinajstić information content (AvgIpc) is 3.42. The number of sulfonamides is 1. The number of nitrogens with zero attached hydrogens (tertiary/aromatic N) is 3. The van der Waals surface area contributed by atoms with E-state index in [1.165, 1.54) is 27.8 Å². The quantitative estimate of drug-likeness (QED) is 0.818. The zero-order valence-corrected chi connectivity index (χ0v) is 16.1. The molecule has 2 aromatic rings. The van der Waals surface area contributed by atoms with E-state index in [1.807, 2.05) is 0 Å². The monoisotopic (exact) mass is 410 g/mol. The summed E-state index contributed by atoms with van der Waals surface area (Å²) in [7, 11) is -3.67. The Labute approximate surface area is 160 Å². The molecule has 1 aromatic carbocycles. The van der Waals surface area contributed by atoms with Crippen molar-refractivity contribution in [3.05, 3.63) is 35.1 Å². The van der Waals surface area contributed by atoms with Gasteiger partial charge < -0.3 is 5.32 Å². The zero-order valence-electron chi connectivity index (χ0n) is 14.5. The first-order chi connectivity index (χ1) is 12.9. The van der Waals surface area contributed by atoms with Crippen LogP contribution < -0.4 is 5.32 Å². The van der Waals surface area contributed by atoms with Crippen molar-refractivity contribution in [1.82, 2.24) is 14.5 Å². The average molecular weight is 410 g/mol. The number of carbonyl (C=O) groups excluding carboxylic acids is 1. The molecular weight excluding hydrogens is 391 g/mol. The molecule has 1 amide bonds. The number of rotatable bonds is 5. The molecule has 0 bridgehead atoms. The second kappa shape index (κ2) is 7.25. The van der Waals surface area contributed by atoms with E-state index in [9.17, 15) is 17.6 Å². The van der Waals surface area contributed by atoms with Crippen LogP contribution in [0.4, 0.5) is 9.52 Å². The molecule has 144 valence electrons. The number of benzene rings is 1. The van der Waals surface area contributed by atoms with Crippen molar-refractivity contribution in [2.75, 3.05) is 18.4 Å². The third-order valence-electron chi connectivity index (χ3n) is 4.87. The number of piperidine rings is 1. The van der Waals surface area contributed by atoms with Gasteiger partial charge in [-0.05, 0) is 49.9 Å². The lowest BCUT2D eigenvalue weighted by molar-refractivity contribution is -0.120. The van der Waals surface area contributed by atoms with Gasteiger partial charge in [0.2, 0.25) is 21.1 Å². The number of halogens is 1. The molecule has 2 fully saturated rings. The Bertz CT molecular complexity index is 933. The Hall–Kier alpha value is -1.91. The van der Waals surface area contributed by atoms with E-state index in [4.69, 9.17) is 0 Å². The molecule has 1 saturated carbocycles. The molecule has 1 saturated heterocycles. The number of hydrogen-bond acceptors (Lipinski definition) is 6. The van der Waals surface area contributed by atoms with E-state index in [-0.39, 0.29) is 29.8 Å². The van der Waals surface area contributed by atoms with Gasteiger partial charge in [-0.3, -0.25) is 4.79 Å². The minimum atomic E-state index is -3.67. The van der Waals surface area contributed by atoms with Gasteiger partial charge in [-0.1, -0.05) is 11.3 Å². The molecule has 1 N–H and O–H groups in total. The van der Waals surface area contributed by atoms with Crippen LogP contribution >= 0.6 is 11.3 Å². The molecule has 0 atom stereocenters. The molecule has 7 nitrogen and oxygen atoms in total. The van der Waals surface area contributed by atoms with Gasteiger partial charge in [0.25, 0.3) is 0 Å². The molecule has 10 heteroatoms. The highest BCUT2D eigenvalue weighted by molar-refractivity contribution is 7.89. The SMILES string of the molecule is O=C(Nc1nnc(C2CC2)s1)C1CCN(S(=O)(=O)c2ccc(F)cc2)CC1. The molecule has 27 heavy (non-hydrogen) atoms. The largest absolute Gasteiger partial charge is 0.300 e. The Morgan fingerprint density at radius 1 is 1.11 bits per heavy atom. The summed E-state index contributed by atoms with van der Waals surface area (Å²) in [5.74, 6) is -0.399. The molecule has 0 radical (unpaired) electrons. The van der Waals surface area contributed by atoms with Crippen LogP contribution in [0.15, 0.2) is 29.2 Å². The maximum absolute atomic E-state index is 13.0. The van der Waals surface area contributed by atoms with Crippen LogP contribution in [0, 0.1) is 11.7 Å². The van der Waals surface area contributed by atoms with Gasteiger partial charge in [0.1, 0.15) is 10.8 Å². The first-order valence-corrected chi connectivity index (χ1v) is 11.1. The van der Waals surface area contributed by atoms with Gasteiger partial charge in [-0.15, -0.1) is 10.2 Å². The molecular formula is C17H19FN4O3S2. The summed E-state index contributed by atoms with van der Waals surface area (Å²) in [4.78, 5) is 12.5. The fourth-order valence-corrected chi connectivity index (χ4v) is 5.49. The number of nitrogens with one attached hydrogen (secondary N) is 1. The molecule has 1 aliphatic heterocycles. The fraction of sp³-hybridized carbons (Fsp3) is 0.471. The molecule has 2 aliphatic rings. The molecule has 4 rings (SSSR count). The van der Waals surface area contributed by atoms with Crippen LogP contribution in [0.1, 0.15) is 36.6 Å².